The Morgan fingerprint density at radius 2 is 1.83 bits per heavy atom. The first-order chi connectivity index (χ1) is 11.5. The van der Waals surface area contributed by atoms with Crippen molar-refractivity contribution in [2.45, 2.75) is 105 Å². The Balaban J connectivity index is 1.89. The van der Waals surface area contributed by atoms with E-state index in [0.29, 0.717) is 5.41 Å². The van der Waals surface area contributed by atoms with Gasteiger partial charge in [0.1, 0.15) is 0 Å². The van der Waals surface area contributed by atoms with Gasteiger partial charge in [-0.25, -0.2) is 0 Å². The molecule has 0 bridgehead atoms. The number of unbranched alkanes of at least 4 members (excludes halogenated alkanes) is 2. The van der Waals surface area contributed by atoms with Gasteiger partial charge in [-0.05, 0) is 86.5 Å². The summed E-state index contributed by atoms with van der Waals surface area (Å²) in [6.45, 7) is 10.9. The number of hydrogen-bond donors (Lipinski definition) is 1. The van der Waals surface area contributed by atoms with Gasteiger partial charge in [-0.3, -0.25) is 0 Å². The van der Waals surface area contributed by atoms with Crippen molar-refractivity contribution in [3.63, 3.8) is 0 Å². The van der Waals surface area contributed by atoms with E-state index in [1.54, 1.807) is 0 Å². The fourth-order valence-electron chi connectivity index (χ4n) is 6.27. The smallest absolute Gasteiger partial charge is 0.00772 e. The molecule has 24 heavy (non-hydrogen) atoms. The van der Waals surface area contributed by atoms with Crippen LogP contribution in [0.5, 0.6) is 0 Å². The predicted molar refractivity (Wildman–Crippen MR) is 107 cm³/mol. The van der Waals surface area contributed by atoms with E-state index in [4.69, 9.17) is 5.73 Å². The van der Waals surface area contributed by atoms with Gasteiger partial charge >= 0.3 is 0 Å². The Kier molecular flexibility index (Phi) is 8.11. The summed E-state index contributed by atoms with van der Waals surface area (Å²) in [5, 5.41) is 0. The Bertz CT molecular complexity index is 352. The van der Waals surface area contributed by atoms with Crippen molar-refractivity contribution in [1.82, 2.24) is 0 Å². The molecule has 1 heteroatoms. The summed E-state index contributed by atoms with van der Waals surface area (Å²) in [5.74, 6) is 4.86. The van der Waals surface area contributed by atoms with Crippen LogP contribution in [0.2, 0.25) is 0 Å². The van der Waals surface area contributed by atoms with Gasteiger partial charge < -0.3 is 5.73 Å². The van der Waals surface area contributed by atoms with E-state index < -0.39 is 0 Å². The molecule has 1 nitrogen and oxygen atoms in total. The lowest BCUT2D eigenvalue weighted by Crippen LogP contribution is -2.40. The molecular weight excluding hydrogens is 290 g/mol. The van der Waals surface area contributed by atoms with Crippen molar-refractivity contribution in [1.29, 1.82) is 0 Å². The molecule has 0 amide bonds. The molecule has 2 aliphatic carbocycles. The van der Waals surface area contributed by atoms with E-state index in [0.717, 1.165) is 36.1 Å². The van der Waals surface area contributed by atoms with Crippen LogP contribution in [0.25, 0.3) is 0 Å². The van der Waals surface area contributed by atoms with Gasteiger partial charge in [0.2, 0.25) is 0 Å². The van der Waals surface area contributed by atoms with Crippen LogP contribution in [0.15, 0.2) is 0 Å². The van der Waals surface area contributed by atoms with Crippen molar-refractivity contribution in [3.8, 4) is 0 Å². The third kappa shape index (κ3) is 4.77. The van der Waals surface area contributed by atoms with E-state index in [1.165, 1.54) is 77.0 Å². The molecule has 0 aromatic heterocycles. The Morgan fingerprint density at radius 1 is 1.04 bits per heavy atom. The minimum Gasteiger partial charge on any atom is -0.330 e. The number of fused-ring (bicyclic) bond motifs is 1. The highest BCUT2D eigenvalue weighted by Crippen LogP contribution is 2.60. The van der Waals surface area contributed by atoms with E-state index in [-0.39, 0.29) is 0 Å². The van der Waals surface area contributed by atoms with Crippen LogP contribution < -0.4 is 5.73 Å². The molecular formula is C23H45N. The lowest BCUT2D eigenvalue weighted by Gasteiger charge is -2.48. The van der Waals surface area contributed by atoms with E-state index in [1.807, 2.05) is 0 Å². The first-order valence-electron chi connectivity index (χ1n) is 11.2. The lowest BCUT2D eigenvalue weighted by atomic mass is 9.57. The van der Waals surface area contributed by atoms with Crippen LogP contribution >= 0.6 is 0 Å². The van der Waals surface area contributed by atoms with Crippen LogP contribution in [0.4, 0.5) is 0 Å². The van der Waals surface area contributed by atoms with Crippen molar-refractivity contribution < 1.29 is 0 Å². The van der Waals surface area contributed by atoms with Crippen LogP contribution in [0, 0.1) is 35.0 Å². The average Bonchev–Trinajstić information content (AvgIpc) is 2.89. The first kappa shape index (κ1) is 20.3. The number of hydrogen-bond acceptors (Lipinski definition) is 1. The molecule has 6 atom stereocenters. The normalized spacial score (nSPS) is 37.4. The van der Waals surface area contributed by atoms with Crippen LogP contribution in [-0.2, 0) is 0 Å². The van der Waals surface area contributed by atoms with Gasteiger partial charge in [0, 0.05) is 0 Å². The zero-order valence-corrected chi connectivity index (χ0v) is 17.2. The zero-order chi connectivity index (χ0) is 17.6. The number of rotatable bonds is 10. The van der Waals surface area contributed by atoms with E-state index >= 15 is 0 Å². The quantitative estimate of drug-likeness (QED) is 0.436. The van der Waals surface area contributed by atoms with Gasteiger partial charge in [0.05, 0.1) is 0 Å². The minimum absolute atomic E-state index is 0.637. The molecule has 0 aromatic rings. The Hall–Kier alpha value is -0.0400. The van der Waals surface area contributed by atoms with E-state index in [2.05, 4.69) is 27.7 Å². The SMILES string of the molecule is CCCCC[C@H](C)CC[C@@H]1C(C)CC[C@]2(C)C(CCCN)CCC12. The second-order valence-corrected chi connectivity index (χ2v) is 9.68. The Labute approximate surface area is 152 Å². The maximum atomic E-state index is 5.80. The standard InChI is InChI=1S/C23H45N/c1-5-6-7-9-18(2)11-13-21-19(3)15-16-23(4)20(10-8-17-24)12-14-22(21)23/h18-22H,5-17,24H2,1-4H3/t18-,19?,20?,21+,22?,23+/m0/s1. The molecule has 2 fully saturated rings. The molecule has 0 heterocycles. The average molecular weight is 336 g/mol. The monoisotopic (exact) mass is 335 g/mol. The highest BCUT2D eigenvalue weighted by atomic mass is 14.6. The highest BCUT2D eigenvalue weighted by molar-refractivity contribution is 5.01. The summed E-state index contributed by atoms with van der Waals surface area (Å²) < 4.78 is 0. The molecule has 0 saturated heterocycles. The zero-order valence-electron chi connectivity index (χ0n) is 17.2. The lowest BCUT2D eigenvalue weighted by molar-refractivity contribution is 0.00887. The maximum Gasteiger partial charge on any atom is -0.00772 e. The molecule has 2 rings (SSSR count). The molecule has 142 valence electrons. The second-order valence-electron chi connectivity index (χ2n) is 9.68. The highest BCUT2D eigenvalue weighted by Gasteiger charge is 2.52. The fourth-order valence-corrected chi connectivity index (χ4v) is 6.27. The molecule has 0 aromatic carbocycles. The van der Waals surface area contributed by atoms with Gasteiger partial charge in [-0.2, -0.15) is 0 Å². The van der Waals surface area contributed by atoms with Crippen LogP contribution in [0.3, 0.4) is 0 Å². The van der Waals surface area contributed by atoms with Crippen molar-refractivity contribution in [3.05, 3.63) is 0 Å². The second kappa shape index (κ2) is 9.60. The van der Waals surface area contributed by atoms with Crippen molar-refractivity contribution in [2.75, 3.05) is 6.54 Å². The van der Waals surface area contributed by atoms with Crippen molar-refractivity contribution >= 4 is 0 Å². The summed E-state index contributed by atoms with van der Waals surface area (Å²) in [4.78, 5) is 0. The molecule has 0 spiro atoms. The molecule has 0 aliphatic heterocycles. The molecule has 0 radical (unpaired) electrons. The molecule has 2 saturated carbocycles. The van der Waals surface area contributed by atoms with Crippen molar-refractivity contribution in [2.24, 2.45) is 40.7 Å². The summed E-state index contributed by atoms with van der Waals surface area (Å²) in [5.41, 5.74) is 6.43. The summed E-state index contributed by atoms with van der Waals surface area (Å²) in [7, 11) is 0. The molecule has 3 unspecified atom stereocenters. The predicted octanol–water partition coefficient (Wildman–Crippen LogP) is 6.80. The summed E-state index contributed by atoms with van der Waals surface area (Å²) >= 11 is 0. The third-order valence-electron chi connectivity index (χ3n) is 8.04. The summed E-state index contributed by atoms with van der Waals surface area (Å²) in [6, 6.07) is 0. The number of nitrogens with two attached hydrogens (primary N) is 1. The maximum absolute atomic E-state index is 5.80. The summed E-state index contributed by atoms with van der Waals surface area (Å²) in [6.07, 6.45) is 17.2. The van der Waals surface area contributed by atoms with Crippen LogP contribution in [-0.4, -0.2) is 6.54 Å². The third-order valence-corrected chi connectivity index (χ3v) is 8.04. The van der Waals surface area contributed by atoms with Crippen LogP contribution in [0.1, 0.15) is 105 Å². The minimum atomic E-state index is 0.637. The molecule has 2 aliphatic rings. The first-order valence-corrected chi connectivity index (χ1v) is 11.2. The largest absolute Gasteiger partial charge is 0.330 e. The van der Waals surface area contributed by atoms with Gasteiger partial charge in [0.15, 0.2) is 0 Å². The van der Waals surface area contributed by atoms with Gasteiger partial charge in [-0.1, -0.05) is 59.8 Å². The van der Waals surface area contributed by atoms with Gasteiger partial charge in [-0.15, -0.1) is 0 Å². The van der Waals surface area contributed by atoms with Gasteiger partial charge in [0.25, 0.3) is 0 Å². The molecule has 2 N–H and O–H groups in total. The fraction of sp³-hybridized carbons (Fsp3) is 1.00. The van der Waals surface area contributed by atoms with E-state index in [9.17, 15) is 0 Å². The topological polar surface area (TPSA) is 26.0 Å². The Morgan fingerprint density at radius 3 is 2.54 bits per heavy atom.